The SMILES string of the molecule is CC(C)c1cc(NC(=O)COC(=O)c2ccc3ncsc3c2)on1. The molecule has 0 atom stereocenters. The maximum absolute atomic E-state index is 12.0. The number of hydrogen-bond acceptors (Lipinski definition) is 7. The van der Waals surface area contributed by atoms with Gasteiger partial charge in [-0.05, 0) is 24.1 Å². The molecule has 2 heterocycles. The van der Waals surface area contributed by atoms with Crippen LogP contribution in [0.3, 0.4) is 0 Å². The van der Waals surface area contributed by atoms with Gasteiger partial charge in [-0.3, -0.25) is 10.1 Å². The van der Waals surface area contributed by atoms with E-state index < -0.39 is 18.5 Å². The fraction of sp³-hybridized carbons (Fsp3) is 0.250. The van der Waals surface area contributed by atoms with Gasteiger partial charge in [0.15, 0.2) is 6.61 Å². The third-order valence-corrected chi connectivity index (χ3v) is 4.08. The zero-order valence-corrected chi connectivity index (χ0v) is 13.9. The predicted octanol–water partition coefficient (Wildman–Crippen LogP) is 3.20. The number of carbonyl (C=O) groups is 2. The molecule has 0 aliphatic rings. The normalized spacial score (nSPS) is 11.0. The predicted molar refractivity (Wildman–Crippen MR) is 89.1 cm³/mol. The van der Waals surface area contributed by atoms with Gasteiger partial charge in [0.25, 0.3) is 5.91 Å². The van der Waals surface area contributed by atoms with Crippen LogP contribution >= 0.6 is 11.3 Å². The summed E-state index contributed by atoms with van der Waals surface area (Å²) in [4.78, 5) is 28.0. The molecule has 0 unspecified atom stereocenters. The average molecular weight is 345 g/mol. The molecule has 1 N–H and O–H groups in total. The molecule has 3 rings (SSSR count). The maximum Gasteiger partial charge on any atom is 0.338 e. The van der Waals surface area contributed by atoms with Gasteiger partial charge in [0.05, 0.1) is 27.0 Å². The van der Waals surface area contributed by atoms with Crippen LogP contribution in [0.2, 0.25) is 0 Å². The summed E-state index contributed by atoms with van der Waals surface area (Å²) < 4.78 is 10.9. The Morgan fingerprint density at radius 2 is 2.17 bits per heavy atom. The molecule has 0 saturated carbocycles. The summed E-state index contributed by atoms with van der Waals surface area (Å²) in [5.74, 6) is -0.640. The third kappa shape index (κ3) is 3.60. The number of fused-ring (bicyclic) bond motifs is 1. The lowest BCUT2D eigenvalue weighted by Crippen LogP contribution is -2.20. The topological polar surface area (TPSA) is 94.3 Å². The number of nitrogens with zero attached hydrogens (tertiary/aromatic N) is 2. The van der Waals surface area contributed by atoms with Crippen LogP contribution in [0.25, 0.3) is 10.2 Å². The highest BCUT2D eigenvalue weighted by Crippen LogP contribution is 2.20. The van der Waals surface area contributed by atoms with Crippen molar-refractivity contribution in [3.05, 3.63) is 41.0 Å². The van der Waals surface area contributed by atoms with Crippen molar-refractivity contribution in [2.45, 2.75) is 19.8 Å². The van der Waals surface area contributed by atoms with E-state index in [0.717, 1.165) is 15.9 Å². The first kappa shape index (κ1) is 16.1. The van der Waals surface area contributed by atoms with Gasteiger partial charge in [0.1, 0.15) is 0 Å². The Bertz CT molecular complexity index is 884. The number of ether oxygens (including phenoxy) is 1. The lowest BCUT2D eigenvalue weighted by molar-refractivity contribution is -0.119. The van der Waals surface area contributed by atoms with Crippen LogP contribution in [-0.2, 0) is 9.53 Å². The quantitative estimate of drug-likeness (QED) is 0.714. The highest BCUT2D eigenvalue weighted by molar-refractivity contribution is 7.16. The fourth-order valence-corrected chi connectivity index (χ4v) is 2.71. The number of nitrogens with one attached hydrogen (secondary N) is 1. The maximum atomic E-state index is 12.0. The van der Waals surface area contributed by atoms with Crippen LogP contribution in [0.5, 0.6) is 0 Å². The van der Waals surface area contributed by atoms with Gasteiger partial charge in [-0.1, -0.05) is 19.0 Å². The fourth-order valence-electron chi connectivity index (χ4n) is 1.99. The summed E-state index contributed by atoms with van der Waals surface area (Å²) in [6, 6.07) is 6.69. The molecule has 3 aromatic rings. The minimum atomic E-state index is -0.569. The molecule has 1 aromatic carbocycles. The minimum absolute atomic E-state index is 0.193. The van der Waals surface area contributed by atoms with E-state index in [1.165, 1.54) is 11.3 Å². The molecule has 0 aliphatic heterocycles. The molecule has 0 radical (unpaired) electrons. The summed E-state index contributed by atoms with van der Waals surface area (Å²) in [5, 5.41) is 6.33. The summed E-state index contributed by atoms with van der Waals surface area (Å²) >= 11 is 1.43. The van der Waals surface area contributed by atoms with E-state index in [4.69, 9.17) is 9.26 Å². The second-order valence-corrected chi connectivity index (χ2v) is 6.32. The van der Waals surface area contributed by atoms with E-state index in [1.54, 1.807) is 29.8 Å². The third-order valence-electron chi connectivity index (χ3n) is 3.28. The highest BCUT2D eigenvalue weighted by atomic mass is 32.1. The van der Waals surface area contributed by atoms with Crippen molar-refractivity contribution in [3.63, 3.8) is 0 Å². The molecule has 0 bridgehead atoms. The van der Waals surface area contributed by atoms with Crippen molar-refractivity contribution in [1.29, 1.82) is 0 Å². The largest absolute Gasteiger partial charge is 0.452 e. The smallest absolute Gasteiger partial charge is 0.338 e. The van der Waals surface area contributed by atoms with Crippen molar-refractivity contribution in [3.8, 4) is 0 Å². The molecule has 0 fully saturated rings. The van der Waals surface area contributed by atoms with Crippen molar-refractivity contribution in [1.82, 2.24) is 10.1 Å². The molecule has 124 valence electrons. The molecule has 2 aromatic heterocycles. The van der Waals surface area contributed by atoms with Gasteiger partial charge in [0.2, 0.25) is 5.88 Å². The number of amides is 1. The summed E-state index contributed by atoms with van der Waals surface area (Å²) in [5.41, 5.74) is 3.64. The van der Waals surface area contributed by atoms with Gasteiger partial charge >= 0.3 is 5.97 Å². The molecular formula is C16H15N3O4S. The van der Waals surface area contributed by atoms with E-state index in [1.807, 2.05) is 13.8 Å². The second kappa shape index (κ2) is 6.79. The van der Waals surface area contributed by atoms with Gasteiger partial charge in [-0.25, -0.2) is 9.78 Å². The lowest BCUT2D eigenvalue weighted by Gasteiger charge is -2.04. The Kier molecular flexibility index (Phi) is 4.57. The number of anilines is 1. The summed E-state index contributed by atoms with van der Waals surface area (Å²) in [6.45, 7) is 3.52. The lowest BCUT2D eigenvalue weighted by atomic mass is 10.1. The van der Waals surface area contributed by atoms with Crippen molar-refractivity contribution in [2.24, 2.45) is 0 Å². The summed E-state index contributed by atoms with van der Waals surface area (Å²) in [7, 11) is 0. The van der Waals surface area contributed by atoms with E-state index in [9.17, 15) is 9.59 Å². The first-order valence-electron chi connectivity index (χ1n) is 7.30. The molecule has 8 heteroatoms. The Labute approximate surface area is 141 Å². The Morgan fingerprint density at radius 3 is 2.92 bits per heavy atom. The van der Waals surface area contributed by atoms with Crippen molar-refractivity contribution < 1.29 is 18.8 Å². The Morgan fingerprint density at radius 1 is 1.33 bits per heavy atom. The number of rotatable bonds is 5. The van der Waals surface area contributed by atoms with Crippen molar-refractivity contribution >= 4 is 39.3 Å². The van der Waals surface area contributed by atoms with Crippen LogP contribution in [0.4, 0.5) is 5.88 Å². The van der Waals surface area contributed by atoms with E-state index in [-0.39, 0.29) is 11.8 Å². The highest BCUT2D eigenvalue weighted by Gasteiger charge is 2.14. The average Bonchev–Trinajstić information content (AvgIpc) is 3.20. The van der Waals surface area contributed by atoms with E-state index in [0.29, 0.717) is 5.56 Å². The van der Waals surface area contributed by atoms with E-state index in [2.05, 4.69) is 15.5 Å². The zero-order valence-electron chi connectivity index (χ0n) is 13.1. The minimum Gasteiger partial charge on any atom is -0.452 e. The zero-order chi connectivity index (χ0) is 17.1. The molecule has 0 aliphatic carbocycles. The molecule has 1 amide bonds. The van der Waals surface area contributed by atoms with Gasteiger partial charge < -0.3 is 9.26 Å². The van der Waals surface area contributed by atoms with E-state index >= 15 is 0 Å². The number of carbonyl (C=O) groups excluding carboxylic acids is 2. The number of esters is 1. The first-order valence-corrected chi connectivity index (χ1v) is 8.17. The van der Waals surface area contributed by atoms with Crippen LogP contribution in [-0.4, -0.2) is 28.6 Å². The van der Waals surface area contributed by atoms with Gasteiger partial charge in [-0.2, -0.15) is 0 Å². The molecule has 7 nitrogen and oxygen atoms in total. The summed E-state index contributed by atoms with van der Waals surface area (Å²) in [6.07, 6.45) is 0. The molecule has 24 heavy (non-hydrogen) atoms. The van der Waals surface area contributed by atoms with Gasteiger partial charge in [-0.15, -0.1) is 11.3 Å². The Balaban J connectivity index is 1.55. The molecular weight excluding hydrogens is 330 g/mol. The molecule has 0 saturated heterocycles. The first-order chi connectivity index (χ1) is 11.5. The number of benzene rings is 1. The number of hydrogen-bond donors (Lipinski definition) is 1. The number of aromatic nitrogens is 2. The van der Waals surface area contributed by atoms with Gasteiger partial charge in [0, 0.05) is 6.07 Å². The second-order valence-electron chi connectivity index (χ2n) is 5.43. The van der Waals surface area contributed by atoms with Crippen LogP contribution < -0.4 is 5.32 Å². The monoisotopic (exact) mass is 345 g/mol. The van der Waals surface area contributed by atoms with Crippen LogP contribution in [0, 0.1) is 0 Å². The molecule has 0 spiro atoms. The number of thiazole rings is 1. The van der Waals surface area contributed by atoms with Crippen LogP contribution in [0.1, 0.15) is 35.8 Å². The standard InChI is InChI=1S/C16H15N3O4S/c1-9(2)12-6-15(23-19-12)18-14(20)7-22-16(21)10-3-4-11-13(5-10)24-8-17-11/h3-6,8-9H,7H2,1-2H3,(H,18,20). The van der Waals surface area contributed by atoms with Crippen molar-refractivity contribution in [2.75, 3.05) is 11.9 Å². The Hall–Kier alpha value is -2.74. The van der Waals surface area contributed by atoms with Crippen LogP contribution in [0.15, 0.2) is 34.3 Å².